The molecule has 0 bridgehead atoms. The van der Waals surface area contributed by atoms with Crippen molar-refractivity contribution in [2.45, 2.75) is 18.2 Å². The van der Waals surface area contributed by atoms with E-state index in [1.807, 2.05) is 42.5 Å². The number of nitrogens with zero attached hydrogens (tertiary/aromatic N) is 5. The Kier molecular flexibility index (Phi) is 6.89. The van der Waals surface area contributed by atoms with Crippen LogP contribution in [0.1, 0.15) is 11.1 Å². The van der Waals surface area contributed by atoms with Crippen molar-refractivity contribution >= 4 is 34.3 Å². The topological polar surface area (TPSA) is 60.6 Å². The van der Waals surface area contributed by atoms with Crippen molar-refractivity contribution in [3.63, 3.8) is 0 Å². The molecule has 0 fully saturated rings. The highest BCUT2D eigenvalue weighted by Crippen LogP contribution is 2.25. The number of nitrogens with one attached hydrogen (secondary N) is 1. The van der Waals surface area contributed by atoms with E-state index in [4.69, 9.17) is 11.6 Å². The molecule has 0 aliphatic carbocycles. The van der Waals surface area contributed by atoms with Gasteiger partial charge in [0.1, 0.15) is 5.82 Å². The second-order valence-electron chi connectivity index (χ2n) is 7.77. The maximum absolute atomic E-state index is 13.4. The molecule has 0 unspecified atom stereocenters. The molecule has 0 amide bonds. The molecule has 2 aromatic heterocycles. The molecule has 9 heteroatoms. The summed E-state index contributed by atoms with van der Waals surface area (Å²) in [5, 5.41) is 18.0. The van der Waals surface area contributed by atoms with Crippen LogP contribution in [0.5, 0.6) is 0 Å². The molecular formula is C25H22ClFN6S. The highest BCUT2D eigenvalue weighted by atomic mass is 35.5. The van der Waals surface area contributed by atoms with Gasteiger partial charge in [-0.2, -0.15) is 4.68 Å². The molecular weight excluding hydrogens is 471 g/mol. The van der Waals surface area contributed by atoms with E-state index in [-0.39, 0.29) is 5.82 Å². The first-order valence-corrected chi connectivity index (χ1v) is 12.2. The summed E-state index contributed by atoms with van der Waals surface area (Å²) in [7, 11) is 0. The number of benzene rings is 3. The predicted molar refractivity (Wildman–Crippen MR) is 134 cm³/mol. The molecule has 1 N–H and O–H groups in total. The molecule has 0 atom stereocenters. The van der Waals surface area contributed by atoms with Crippen LogP contribution in [0.4, 0.5) is 4.39 Å². The number of fused-ring (bicyclic) bond motifs is 1. The minimum atomic E-state index is -0.327. The van der Waals surface area contributed by atoms with Gasteiger partial charge in [0.15, 0.2) is 0 Å². The van der Waals surface area contributed by atoms with Crippen molar-refractivity contribution in [1.82, 2.24) is 30.1 Å². The zero-order valence-corrected chi connectivity index (χ0v) is 19.8. The number of hydrogen-bond donors (Lipinski definition) is 1. The van der Waals surface area contributed by atoms with Gasteiger partial charge >= 0.3 is 0 Å². The second-order valence-corrected chi connectivity index (χ2v) is 9.24. The number of thioether (sulfide) groups is 1. The van der Waals surface area contributed by atoms with Crippen molar-refractivity contribution in [2.75, 3.05) is 12.3 Å². The summed E-state index contributed by atoms with van der Waals surface area (Å²) in [6, 6.07) is 22.7. The Morgan fingerprint density at radius 3 is 2.65 bits per heavy atom. The SMILES string of the molecule is Fc1ccc(Cn2cc(CNCCSc3nnnn3-c3ccccc3)c3ccccc32)c(Cl)c1. The summed E-state index contributed by atoms with van der Waals surface area (Å²) < 4.78 is 17.3. The number of rotatable bonds is 9. The molecule has 0 radical (unpaired) electrons. The van der Waals surface area contributed by atoms with Gasteiger partial charge in [-0.3, -0.25) is 0 Å². The number of para-hydroxylation sites is 2. The molecule has 0 saturated heterocycles. The highest BCUT2D eigenvalue weighted by Gasteiger charge is 2.11. The van der Waals surface area contributed by atoms with Crippen LogP contribution in [0.3, 0.4) is 0 Å². The van der Waals surface area contributed by atoms with Crippen molar-refractivity contribution < 1.29 is 4.39 Å². The van der Waals surface area contributed by atoms with E-state index in [1.54, 1.807) is 22.5 Å². The fourth-order valence-electron chi connectivity index (χ4n) is 3.87. The van der Waals surface area contributed by atoms with Gasteiger partial charge in [-0.25, -0.2) is 4.39 Å². The predicted octanol–water partition coefficient (Wildman–Crippen LogP) is 5.34. The number of tetrazole rings is 1. The lowest BCUT2D eigenvalue weighted by Crippen LogP contribution is -2.16. The smallest absolute Gasteiger partial charge is 0.214 e. The van der Waals surface area contributed by atoms with Crippen LogP contribution in [0.25, 0.3) is 16.6 Å². The maximum Gasteiger partial charge on any atom is 0.214 e. The Morgan fingerprint density at radius 2 is 1.79 bits per heavy atom. The lowest BCUT2D eigenvalue weighted by Gasteiger charge is -2.07. The molecule has 0 saturated carbocycles. The average molecular weight is 493 g/mol. The Hall–Kier alpha value is -3.20. The Balaban J connectivity index is 1.22. The molecule has 0 aliphatic heterocycles. The summed E-state index contributed by atoms with van der Waals surface area (Å²) >= 11 is 7.88. The first-order chi connectivity index (χ1) is 16.7. The minimum Gasteiger partial charge on any atom is -0.343 e. The first-order valence-electron chi connectivity index (χ1n) is 10.9. The van der Waals surface area contributed by atoms with Gasteiger partial charge in [0.05, 0.1) is 5.69 Å². The first kappa shape index (κ1) is 22.6. The third-order valence-corrected chi connectivity index (χ3v) is 6.77. The van der Waals surface area contributed by atoms with Gasteiger partial charge in [0, 0.05) is 47.5 Å². The van der Waals surface area contributed by atoms with E-state index in [2.05, 4.69) is 43.7 Å². The lowest BCUT2D eigenvalue weighted by molar-refractivity contribution is 0.626. The van der Waals surface area contributed by atoms with E-state index in [9.17, 15) is 4.39 Å². The van der Waals surface area contributed by atoms with E-state index in [1.165, 1.54) is 23.1 Å². The normalized spacial score (nSPS) is 11.4. The lowest BCUT2D eigenvalue weighted by atomic mass is 10.2. The average Bonchev–Trinajstić information content (AvgIpc) is 3.46. The van der Waals surface area contributed by atoms with Crippen LogP contribution in [-0.4, -0.2) is 37.1 Å². The summed E-state index contributed by atoms with van der Waals surface area (Å²) in [4.78, 5) is 0. The standard InChI is InChI=1S/C25H22ClFN6S/c26-23-14-20(27)11-10-18(23)16-32-17-19(22-8-4-5-9-24(22)32)15-28-12-13-34-25-29-30-31-33(25)21-6-2-1-3-7-21/h1-11,14,17,28H,12-13,15-16H2. The summed E-state index contributed by atoms with van der Waals surface area (Å²) in [5.74, 6) is 0.503. The third-order valence-electron chi connectivity index (χ3n) is 5.49. The van der Waals surface area contributed by atoms with Gasteiger partial charge in [-0.1, -0.05) is 65.8 Å². The number of aromatic nitrogens is 5. The van der Waals surface area contributed by atoms with Crippen molar-refractivity contribution in [2.24, 2.45) is 0 Å². The zero-order chi connectivity index (χ0) is 23.3. The van der Waals surface area contributed by atoms with E-state index in [0.29, 0.717) is 11.6 Å². The Labute approximate surface area is 205 Å². The largest absolute Gasteiger partial charge is 0.343 e. The molecule has 0 aliphatic rings. The molecule has 34 heavy (non-hydrogen) atoms. The maximum atomic E-state index is 13.4. The van der Waals surface area contributed by atoms with Gasteiger partial charge in [0.2, 0.25) is 5.16 Å². The van der Waals surface area contributed by atoms with Crippen LogP contribution in [0.2, 0.25) is 5.02 Å². The molecule has 0 spiro atoms. The van der Waals surface area contributed by atoms with Crippen LogP contribution in [0, 0.1) is 5.82 Å². The molecule has 3 aromatic carbocycles. The van der Waals surface area contributed by atoms with Gasteiger partial charge in [-0.15, -0.1) is 5.10 Å². The van der Waals surface area contributed by atoms with Crippen molar-refractivity contribution in [1.29, 1.82) is 0 Å². The number of halogens is 2. The monoisotopic (exact) mass is 492 g/mol. The summed E-state index contributed by atoms with van der Waals surface area (Å²) in [6.07, 6.45) is 2.14. The van der Waals surface area contributed by atoms with Crippen LogP contribution in [-0.2, 0) is 13.1 Å². The number of hydrogen-bond acceptors (Lipinski definition) is 5. The van der Waals surface area contributed by atoms with E-state index < -0.39 is 0 Å². The molecule has 6 nitrogen and oxygen atoms in total. The Morgan fingerprint density at radius 1 is 0.971 bits per heavy atom. The fraction of sp³-hybridized carbons (Fsp3) is 0.160. The second kappa shape index (κ2) is 10.4. The van der Waals surface area contributed by atoms with Gasteiger partial charge in [-0.05, 0) is 51.9 Å². The van der Waals surface area contributed by atoms with Crippen molar-refractivity contribution in [3.8, 4) is 5.69 Å². The van der Waals surface area contributed by atoms with Crippen LogP contribution in [0.15, 0.2) is 84.1 Å². The minimum absolute atomic E-state index is 0.327. The summed E-state index contributed by atoms with van der Waals surface area (Å²) in [6.45, 7) is 2.11. The van der Waals surface area contributed by atoms with Crippen molar-refractivity contribution in [3.05, 3.63) is 101 Å². The van der Waals surface area contributed by atoms with Crippen LogP contribution < -0.4 is 5.32 Å². The summed E-state index contributed by atoms with van der Waals surface area (Å²) in [5.41, 5.74) is 4.15. The molecule has 2 heterocycles. The van der Waals surface area contributed by atoms with E-state index >= 15 is 0 Å². The Bertz CT molecular complexity index is 1400. The van der Waals surface area contributed by atoms with Gasteiger partial charge < -0.3 is 9.88 Å². The molecule has 5 rings (SSSR count). The van der Waals surface area contributed by atoms with Crippen LogP contribution >= 0.6 is 23.4 Å². The third kappa shape index (κ3) is 4.99. The van der Waals surface area contributed by atoms with E-state index in [0.717, 1.165) is 40.8 Å². The highest BCUT2D eigenvalue weighted by molar-refractivity contribution is 7.99. The molecule has 172 valence electrons. The zero-order valence-electron chi connectivity index (χ0n) is 18.2. The quantitative estimate of drug-likeness (QED) is 0.222. The molecule has 5 aromatic rings. The fourth-order valence-corrected chi connectivity index (χ4v) is 4.88. The van der Waals surface area contributed by atoms with Gasteiger partial charge in [0.25, 0.3) is 0 Å².